The van der Waals surface area contributed by atoms with E-state index in [4.69, 9.17) is 9.47 Å². The number of amides is 2. The number of thioether (sulfide) groups is 1. The SMILES string of the molecule is CN(C)C=O.COc1ccc(N2C(SCC(=O)N(C)C)=NC3CS(=O)(=O)CC32)cc1OC. The Morgan fingerprint density at radius 2 is 1.81 bits per heavy atom. The third kappa shape index (κ3) is 6.28. The summed E-state index contributed by atoms with van der Waals surface area (Å²) in [7, 11) is 6.75. The van der Waals surface area contributed by atoms with Gasteiger partial charge in [0.25, 0.3) is 0 Å². The lowest BCUT2D eigenvalue weighted by molar-refractivity contribution is -0.125. The van der Waals surface area contributed by atoms with Gasteiger partial charge in [-0.15, -0.1) is 0 Å². The molecule has 0 aliphatic carbocycles. The van der Waals surface area contributed by atoms with Crippen molar-refractivity contribution in [2.75, 3.05) is 64.6 Å². The van der Waals surface area contributed by atoms with Gasteiger partial charge < -0.3 is 24.2 Å². The van der Waals surface area contributed by atoms with E-state index in [1.54, 1.807) is 54.5 Å². The molecular formula is C20H30N4O6S2. The topological polar surface area (TPSA) is 109 Å². The molecule has 12 heteroatoms. The molecular weight excluding hydrogens is 456 g/mol. The number of hydrogen-bond acceptors (Lipinski definition) is 9. The van der Waals surface area contributed by atoms with Crippen molar-refractivity contribution in [1.29, 1.82) is 0 Å². The molecule has 0 spiro atoms. The van der Waals surface area contributed by atoms with Crippen LogP contribution in [0.5, 0.6) is 11.5 Å². The molecule has 2 unspecified atom stereocenters. The van der Waals surface area contributed by atoms with Crippen molar-refractivity contribution in [3.05, 3.63) is 18.2 Å². The maximum atomic E-state index is 12.1. The fourth-order valence-electron chi connectivity index (χ4n) is 3.17. The second-order valence-corrected chi connectivity index (χ2v) is 10.8. The van der Waals surface area contributed by atoms with Gasteiger partial charge in [0.05, 0.1) is 43.6 Å². The first kappa shape index (κ1) is 25.8. The minimum absolute atomic E-state index is 0.0281. The monoisotopic (exact) mass is 486 g/mol. The number of benzene rings is 1. The number of hydrogen-bond donors (Lipinski definition) is 0. The van der Waals surface area contributed by atoms with E-state index >= 15 is 0 Å². The van der Waals surface area contributed by atoms with E-state index in [1.807, 2.05) is 11.0 Å². The Labute approximate surface area is 193 Å². The Morgan fingerprint density at radius 3 is 2.34 bits per heavy atom. The van der Waals surface area contributed by atoms with Crippen LogP contribution in [0.2, 0.25) is 0 Å². The molecule has 0 bridgehead atoms. The maximum absolute atomic E-state index is 12.1. The summed E-state index contributed by atoms with van der Waals surface area (Å²) in [5.74, 6) is 1.42. The first-order valence-electron chi connectivity index (χ1n) is 9.77. The summed E-state index contributed by atoms with van der Waals surface area (Å²) in [6.07, 6.45) is 0.750. The smallest absolute Gasteiger partial charge is 0.232 e. The Balaban J connectivity index is 0.000000654. The summed E-state index contributed by atoms with van der Waals surface area (Å²) in [5, 5.41) is 0.655. The average molecular weight is 487 g/mol. The number of amidine groups is 1. The summed E-state index contributed by atoms with van der Waals surface area (Å²) in [6, 6.07) is 4.83. The lowest BCUT2D eigenvalue weighted by atomic mass is 10.1. The number of fused-ring (bicyclic) bond motifs is 1. The van der Waals surface area contributed by atoms with E-state index < -0.39 is 9.84 Å². The number of rotatable bonds is 6. The highest BCUT2D eigenvalue weighted by molar-refractivity contribution is 8.14. The highest BCUT2D eigenvalue weighted by Gasteiger charge is 2.47. The third-order valence-corrected chi connectivity index (χ3v) is 7.44. The molecule has 2 aliphatic heterocycles. The number of sulfone groups is 1. The zero-order valence-corrected chi connectivity index (χ0v) is 20.8. The number of ether oxygens (including phenoxy) is 2. The fraction of sp³-hybridized carbons (Fsp3) is 0.550. The Hall–Kier alpha value is -2.47. The van der Waals surface area contributed by atoms with Gasteiger partial charge in [0.15, 0.2) is 26.5 Å². The molecule has 2 heterocycles. The molecule has 1 fully saturated rings. The van der Waals surface area contributed by atoms with E-state index in [-0.39, 0.29) is 35.2 Å². The van der Waals surface area contributed by atoms with Gasteiger partial charge >= 0.3 is 0 Å². The van der Waals surface area contributed by atoms with E-state index in [0.717, 1.165) is 12.1 Å². The van der Waals surface area contributed by atoms with Gasteiger partial charge in [0.2, 0.25) is 12.3 Å². The standard InChI is InChI=1S/C17H23N3O5S2.C3H7NO/c1-19(2)16(21)8-26-17-18-12-9-27(22,23)10-13(12)20(17)11-5-6-14(24-3)15(7-11)25-4;1-4(2)3-5/h5-7,12-13H,8-10H2,1-4H3;3H,1-2H3. The summed E-state index contributed by atoms with van der Waals surface area (Å²) in [6.45, 7) is 0. The van der Waals surface area contributed by atoms with E-state index in [9.17, 15) is 18.0 Å². The van der Waals surface area contributed by atoms with Gasteiger partial charge in [-0.1, -0.05) is 11.8 Å². The van der Waals surface area contributed by atoms with Crippen molar-refractivity contribution in [1.82, 2.24) is 9.80 Å². The van der Waals surface area contributed by atoms with Crippen molar-refractivity contribution in [2.24, 2.45) is 4.99 Å². The van der Waals surface area contributed by atoms with Gasteiger partial charge in [-0.2, -0.15) is 0 Å². The molecule has 1 aromatic carbocycles. The minimum Gasteiger partial charge on any atom is -0.493 e. The molecule has 0 radical (unpaired) electrons. The van der Waals surface area contributed by atoms with E-state index in [1.165, 1.54) is 21.6 Å². The van der Waals surface area contributed by atoms with Gasteiger partial charge in [-0.25, -0.2) is 8.42 Å². The first-order valence-corrected chi connectivity index (χ1v) is 12.6. The van der Waals surface area contributed by atoms with Crippen molar-refractivity contribution in [2.45, 2.75) is 12.1 Å². The van der Waals surface area contributed by atoms with Crippen LogP contribution in [-0.2, 0) is 19.4 Å². The van der Waals surface area contributed by atoms with Crippen LogP contribution in [0.1, 0.15) is 0 Å². The van der Waals surface area contributed by atoms with Crippen LogP contribution >= 0.6 is 11.8 Å². The largest absolute Gasteiger partial charge is 0.493 e. The van der Waals surface area contributed by atoms with Crippen LogP contribution in [0.15, 0.2) is 23.2 Å². The van der Waals surface area contributed by atoms with Crippen LogP contribution in [0.4, 0.5) is 5.69 Å². The number of anilines is 1. The van der Waals surface area contributed by atoms with Gasteiger partial charge in [-0.3, -0.25) is 14.6 Å². The molecule has 0 saturated carbocycles. The van der Waals surface area contributed by atoms with Crippen molar-refractivity contribution in [3.8, 4) is 11.5 Å². The molecule has 178 valence electrons. The van der Waals surface area contributed by atoms with Crippen LogP contribution in [-0.4, -0.2) is 107 Å². The van der Waals surface area contributed by atoms with Crippen LogP contribution in [0.25, 0.3) is 0 Å². The minimum atomic E-state index is -3.13. The van der Waals surface area contributed by atoms with Crippen molar-refractivity contribution in [3.63, 3.8) is 0 Å². The van der Waals surface area contributed by atoms with Gasteiger partial charge in [0, 0.05) is 39.9 Å². The lowest BCUT2D eigenvalue weighted by Crippen LogP contribution is -2.39. The number of nitrogens with zero attached hydrogens (tertiary/aromatic N) is 4. The Kier molecular flexibility index (Phi) is 8.79. The third-order valence-electron chi connectivity index (χ3n) is 4.79. The molecule has 0 N–H and O–H groups in total. The second kappa shape index (κ2) is 10.9. The molecule has 10 nitrogen and oxygen atoms in total. The molecule has 32 heavy (non-hydrogen) atoms. The summed E-state index contributed by atoms with van der Waals surface area (Å²) in [5.41, 5.74) is 0.765. The maximum Gasteiger partial charge on any atom is 0.232 e. The molecule has 0 aromatic heterocycles. The highest BCUT2D eigenvalue weighted by Crippen LogP contribution is 2.38. The molecule has 2 amide bonds. The zero-order valence-electron chi connectivity index (χ0n) is 19.1. The Morgan fingerprint density at radius 1 is 1.19 bits per heavy atom. The lowest BCUT2D eigenvalue weighted by Gasteiger charge is -2.27. The molecule has 1 saturated heterocycles. The number of aliphatic imine (C=N–C) groups is 1. The summed E-state index contributed by atoms with van der Waals surface area (Å²) in [4.78, 5) is 30.9. The quantitative estimate of drug-likeness (QED) is 0.537. The fourth-order valence-corrected chi connectivity index (χ4v) is 6.11. The molecule has 2 atom stereocenters. The second-order valence-electron chi connectivity index (χ2n) is 7.68. The predicted octanol–water partition coefficient (Wildman–Crippen LogP) is 0.571. The van der Waals surface area contributed by atoms with Crippen LogP contribution in [0, 0.1) is 0 Å². The highest BCUT2D eigenvalue weighted by atomic mass is 32.2. The van der Waals surface area contributed by atoms with E-state index in [2.05, 4.69) is 4.99 Å². The van der Waals surface area contributed by atoms with Gasteiger partial charge in [-0.05, 0) is 12.1 Å². The first-order chi connectivity index (χ1) is 15.0. The molecule has 2 aliphatic rings. The van der Waals surface area contributed by atoms with Gasteiger partial charge in [0.1, 0.15) is 0 Å². The summed E-state index contributed by atoms with van der Waals surface area (Å²) < 4.78 is 34.9. The number of carbonyl (C=O) groups excluding carboxylic acids is 2. The average Bonchev–Trinajstić information content (AvgIpc) is 3.22. The molecule has 3 rings (SSSR count). The Bertz CT molecular complexity index is 965. The number of methoxy groups -OCH3 is 2. The van der Waals surface area contributed by atoms with Crippen LogP contribution < -0.4 is 14.4 Å². The zero-order chi connectivity index (χ0) is 24.1. The van der Waals surface area contributed by atoms with Crippen molar-refractivity contribution < 1.29 is 27.5 Å². The number of carbonyl (C=O) groups is 2. The normalized spacial score (nSPS) is 20.4. The van der Waals surface area contributed by atoms with E-state index in [0.29, 0.717) is 16.7 Å². The molecule has 1 aromatic rings. The van der Waals surface area contributed by atoms with Crippen LogP contribution in [0.3, 0.4) is 0 Å². The predicted molar refractivity (Wildman–Crippen MR) is 127 cm³/mol. The summed E-state index contributed by atoms with van der Waals surface area (Å²) >= 11 is 1.32. The van der Waals surface area contributed by atoms with Crippen molar-refractivity contribution >= 4 is 44.8 Å².